The van der Waals surface area contributed by atoms with Crippen molar-refractivity contribution >= 4 is 23.0 Å². The molecule has 0 aliphatic carbocycles. The van der Waals surface area contributed by atoms with E-state index in [0.717, 1.165) is 17.1 Å². The fraction of sp³-hybridized carbons (Fsp3) is 0.200. The Morgan fingerprint density at radius 1 is 1.16 bits per heavy atom. The topological polar surface area (TPSA) is 28.2 Å². The average Bonchev–Trinajstić information content (AvgIpc) is 2.40. The quantitative estimate of drug-likeness (QED) is 0.868. The van der Waals surface area contributed by atoms with Crippen LogP contribution in [-0.2, 0) is 6.54 Å². The highest BCUT2D eigenvalue weighted by Crippen LogP contribution is 2.08. The van der Waals surface area contributed by atoms with Gasteiger partial charge < -0.3 is 10.2 Å². The zero-order chi connectivity index (χ0) is 13.7. The van der Waals surface area contributed by atoms with Crippen LogP contribution in [0.25, 0.3) is 0 Å². The summed E-state index contributed by atoms with van der Waals surface area (Å²) in [7, 11) is 1.96. The maximum Gasteiger partial charge on any atom is 0.173 e. The summed E-state index contributed by atoms with van der Waals surface area (Å²) < 4.78 is 0. The first-order valence-corrected chi connectivity index (χ1v) is 6.55. The summed E-state index contributed by atoms with van der Waals surface area (Å²) >= 11 is 5.38. The minimum Gasteiger partial charge on any atom is -0.346 e. The molecule has 3 nitrogen and oxygen atoms in total. The molecule has 0 radical (unpaired) electrons. The van der Waals surface area contributed by atoms with Gasteiger partial charge in [0, 0.05) is 18.4 Å². The molecule has 0 bridgehead atoms. The van der Waals surface area contributed by atoms with E-state index in [1.165, 1.54) is 0 Å². The van der Waals surface area contributed by atoms with Crippen LogP contribution in [0.3, 0.4) is 0 Å². The molecule has 2 rings (SSSR count). The Bertz CT molecular complexity index is 554. The number of nitrogens with zero attached hydrogens (tertiary/aromatic N) is 2. The van der Waals surface area contributed by atoms with E-state index in [2.05, 4.69) is 10.3 Å². The molecule has 0 atom stereocenters. The second-order valence-electron chi connectivity index (χ2n) is 4.42. The highest BCUT2D eigenvalue weighted by atomic mass is 32.1. The number of nitrogens with one attached hydrogen (secondary N) is 1. The van der Waals surface area contributed by atoms with Crippen molar-refractivity contribution in [2.45, 2.75) is 13.5 Å². The van der Waals surface area contributed by atoms with E-state index in [4.69, 9.17) is 12.2 Å². The minimum absolute atomic E-state index is 0.689. The Labute approximate surface area is 119 Å². The highest BCUT2D eigenvalue weighted by Gasteiger charge is 2.06. The summed E-state index contributed by atoms with van der Waals surface area (Å²) in [6.07, 6.45) is 0. The lowest BCUT2D eigenvalue weighted by Gasteiger charge is -2.20. The Morgan fingerprint density at radius 3 is 2.58 bits per heavy atom. The molecule has 19 heavy (non-hydrogen) atoms. The van der Waals surface area contributed by atoms with Crippen molar-refractivity contribution in [2.75, 3.05) is 12.4 Å². The summed E-state index contributed by atoms with van der Waals surface area (Å²) in [5.74, 6) is 0. The van der Waals surface area contributed by atoms with Crippen molar-refractivity contribution < 1.29 is 0 Å². The summed E-state index contributed by atoms with van der Waals surface area (Å²) in [6.45, 7) is 2.68. The van der Waals surface area contributed by atoms with E-state index in [0.29, 0.717) is 11.7 Å². The number of pyridine rings is 1. The van der Waals surface area contributed by atoms with Crippen LogP contribution < -0.4 is 5.32 Å². The first-order chi connectivity index (χ1) is 9.15. The highest BCUT2D eigenvalue weighted by molar-refractivity contribution is 7.80. The predicted octanol–water partition coefficient (Wildman–Crippen LogP) is 3.22. The van der Waals surface area contributed by atoms with E-state index >= 15 is 0 Å². The smallest absolute Gasteiger partial charge is 0.173 e. The van der Waals surface area contributed by atoms with Crippen molar-refractivity contribution in [3.63, 3.8) is 0 Å². The average molecular weight is 271 g/mol. The van der Waals surface area contributed by atoms with Gasteiger partial charge in [0.25, 0.3) is 0 Å². The molecule has 0 aliphatic heterocycles. The lowest BCUT2D eigenvalue weighted by atomic mass is 10.3. The van der Waals surface area contributed by atoms with Crippen LogP contribution in [0.1, 0.15) is 11.4 Å². The molecule has 0 amide bonds. The Hall–Kier alpha value is -1.94. The van der Waals surface area contributed by atoms with Crippen LogP contribution in [0.5, 0.6) is 0 Å². The van der Waals surface area contributed by atoms with Gasteiger partial charge in [-0.3, -0.25) is 4.98 Å². The Kier molecular flexibility index (Phi) is 4.47. The van der Waals surface area contributed by atoms with Crippen LogP contribution in [0, 0.1) is 6.92 Å². The molecule has 2 aromatic rings. The van der Waals surface area contributed by atoms with Crippen molar-refractivity contribution in [2.24, 2.45) is 0 Å². The summed E-state index contributed by atoms with van der Waals surface area (Å²) in [5.41, 5.74) is 3.03. The third-order valence-electron chi connectivity index (χ3n) is 2.72. The SMILES string of the molecule is Cc1cccc(CN(C)C(=S)Nc2ccccc2)n1. The monoisotopic (exact) mass is 271 g/mol. The zero-order valence-corrected chi connectivity index (χ0v) is 11.9. The first-order valence-electron chi connectivity index (χ1n) is 6.15. The predicted molar refractivity (Wildman–Crippen MR) is 83.1 cm³/mol. The maximum absolute atomic E-state index is 5.38. The molecule has 0 saturated heterocycles. The van der Waals surface area contributed by atoms with Crippen LogP contribution in [0.2, 0.25) is 0 Å². The standard InChI is InChI=1S/C15H17N3S/c1-12-7-6-10-14(16-12)11-18(2)15(19)17-13-8-4-3-5-9-13/h3-10H,11H2,1-2H3,(H,17,19). The fourth-order valence-electron chi connectivity index (χ4n) is 1.74. The van der Waals surface area contributed by atoms with Gasteiger partial charge in [-0.1, -0.05) is 24.3 Å². The van der Waals surface area contributed by atoms with E-state index in [-0.39, 0.29) is 0 Å². The van der Waals surface area contributed by atoms with Crippen molar-refractivity contribution in [3.8, 4) is 0 Å². The first kappa shape index (κ1) is 13.5. The molecule has 0 aliphatic rings. The van der Waals surface area contributed by atoms with Gasteiger partial charge in [0.05, 0.1) is 12.2 Å². The minimum atomic E-state index is 0.689. The molecule has 1 N–H and O–H groups in total. The lowest BCUT2D eigenvalue weighted by Crippen LogP contribution is -2.30. The molecular weight excluding hydrogens is 254 g/mol. The largest absolute Gasteiger partial charge is 0.346 e. The third-order valence-corrected chi connectivity index (χ3v) is 3.13. The van der Waals surface area contributed by atoms with Crippen molar-refractivity contribution in [3.05, 3.63) is 59.9 Å². The molecule has 1 aromatic carbocycles. The van der Waals surface area contributed by atoms with Crippen LogP contribution >= 0.6 is 12.2 Å². The second-order valence-corrected chi connectivity index (χ2v) is 4.81. The number of aromatic nitrogens is 1. The number of benzene rings is 1. The van der Waals surface area contributed by atoms with Gasteiger partial charge in [-0.25, -0.2) is 0 Å². The Balaban J connectivity index is 1.96. The number of hydrogen-bond acceptors (Lipinski definition) is 2. The summed E-state index contributed by atoms with van der Waals surface area (Å²) in [4.78, 5) is 6.45. The molecule has 1 aromatic heterocycles. The number of aryl methyl sites for hydroxylation is 1. The van der Waals surface area contributed by atoms with Gasteiger partial charge in [-0.05, 0) is 43.4 Å². The van der Waals surface area contributed by atoms with Gasteiger partial charge in [-0.2, -0.15) is 0 Å². The van der Waals surface area contributed by atoms with E-state index in [9.17, 15) is 0 Å². The van der Waals surface area contributed by atoms with Crippen LogP contribution in [0.4, 0.5) is 5.69 Å². The number of anilines is 1. The molecule has 4 heteroatoms. The third kappa shape index (κ3) is 4.03. The molecule has 0 fully saturated rings. The molecule has 0 unspecified atom stereocenters. The number of para-hydroxylation sites is 1. The number of thiocarbonyl (C=S) groups is 1. The lowest BCUT2D eigenvalue weighted by molar-refractivity contribution is 0.499. The molecule has 98 valence electrons. The molecule has 0 spiro atoms. The number of hydrogen-bond donors (Lipinski definition) is 1. The van der Waals surface area contributed by atoms with Crippen molar-refractivity contribution in [1.29, 1.82) is 0 Å². The van der Waals surface area contributed by atoms with Crippen LogP contribution in [0.15, 0.2) is 48.5 Å². The maximum atomic E-state index is 5.38. The van der Waals surface area contributed by atoms with E-state index in [1.807, 2.05) is 67.4 Å². The zero-order valence-electron chi connectivity index (χ0n) is 11.1. The van der Waals surface area contributed by atoms with E-state index < -0.39 is 0 Å². The van der Waals surface area contributed by atoms with Gasteiger partial charge in [0.15, 0.2) is 5.11 Å². The van der Waals surface area contributed by atoms with E-state index in [1.54, 1.807) is 0 Å². The van der Waals surface area contributed by atoms with Gasteiger partial charge in [0.1, 0.15) is 0 Å². The number of rotatable bonds is 3. The normalized spacial score (nSPS) is 10.0. The summed E-state index contributed by atoms with van der Waals surface area (Å²) in [6, 6.07) is 15.9. The Morgan fingerprint density at radius 2 is 1.89 bits per heavy atom. The van der Waals surface area contributed by atoms with Crippen LogP contribution in [-0.4, -0.2) is 22.0 Å². The van der Waals surface area contributed by atoms with Gasteiger partial charge in [-0.15, -0.1) is 0 Å². The van der Waals surface area contributed by atoms with Gasteiger partial charge in [0.2, 0.25) is 0 Å². The van der Waals surface area contributed by atoms with Crippen molar-refractivity contribution in [1.82, 2.24) is 9.88 Å². The summed E-state index contributed by atoms with van der Waals surface area (Å²) in [5, 5.41) is 3.90. The molecular formula is C15H17N3S. The fourth-order valence-corrected chi connectivity index (χ4v) is 1.93. The molecule has 0 saturated carbocycles. The second kappa shape index (κ2) is 6.29. The van der Waals surface area contributed by atoms with Gasteiger partial charge >= 0.3 is 0 Å². The molecule has 1 heterocycles.